The van der Waals surface area contributed by atoms with Gasteiger partial charge in [-0.05, 0) is 31.6 Å². The molecule has 0 bridgehead atoms. The summed E-state index contributed by atoms with van der Waals surface area (Å²) in [6.45, 7) is 3.61. The monoisotopic (exact) mass is 344 g/mol. The van der Waals surface area contributed by atoms with Gasteiger partial charge in [0.2, 0.25) is 11.8 Å². The Kier molecular flexibility index (Phi) is 5.04. The molecule has 0 spiro atoms. The van der Waals surface area contributed by atoms with Gasteiger partial charge in [-0.15, -0.1) is 0 Å². The van der Waals surface area contributed by atoms with Gasteiger partial charge in [-0.25, -0.2) is 9.97 Å². The molecule has 0 radical (unpaired) electrons. The van der Waals surface area contributed by atoms with E-state index in [0.717, 1.165) is 38.3 Å². The van der Waals surface area contributed by atoms with Crippen LogP contribution < -0.4 is 9.64 Å². The molecule has 136 valence electrons. The second-order valence-corrected chi connectivity index (χ2v) is 7.63. The minimum absolute atomic E-state index is 0.0499. The van der Waals surface area contributed by atoms with E-state index in [-0.39, 0.29) is 6.10 Å². The van der Waals surface area contributed by atoms with Crippen LogP contribution in [0.4, 0.5) is 5.82 Å². The van der Waals surface area contributed by atoms with Gasteiger partial charge in [-0.2, -0.15) is 0 Å². The van der Waals surface area contributed by atoms with Crippen LogP contribution in [0.3, 0.4) is 0 Å². The van der Waals surface area contributed by atoms with Crippen molar-refractivity contribution >= 4 is 11.7 Å². The van der Waals surface area contributed by atoms with Crippen LogP contribution in [0.5, 0.6) is 5.88 Å². The molecule has 6 heteroatoms. The fraction of sp³-hybridized carbons (Fsp3) is 0.737. The zero-order valence-electron chi connectivity index (χ0n) is 14.9. The number of carbonyl (C=O) groups excluding carboxylic acids is 1. The first kappa shape index (κ1) is 16.6. The van der Waals surface area contributed by atoms with Gasteiger partial charge in [-0.1, -0.05) is 12.8 Å². The summed E-state index contributed by atoms with van der Waals surface area (Å²) in [4.78, 5) is 25.4. The van der Waals surface area contributed by atoms with Crippen molar-refractivity contribution in [2.45, 2.75) is 57.5 Å². The van der Waals surface area contributed by atoms with E-state index in [4.69, 9.17) is 4.74 Å². The van der Waals surface area contributed by atoms with E-state index in [9.17, 15) is 4.79 Å². The number of likely N-dealkylation sites (tertiary alicyclic amines) is 1. The summed E-state index contributed by atoms with van der Waals surface area (Å²) in [5, 5.41) is 0. The maximum atomic E-state index is 12.5. The Morgan fingerprint density at radius 1 is 1.08 bits per heavy atom. The molecule has 2 aliphatic heterocycles. The summed E-state index contributed by atoms with van der Waals surface area (Å²) in [5.74, 6) is 2.50. The summed E-state index contributed by atoms with van der Waals surface area (Å²) in [5.41, 5.74) is 0. The van der Waals surface area contributed by atoms with E-state index in [0.29, 0.717) is 24.2 Å². The maximum absolute atomic E-state index is 12.5. The van der Waals surface area contributed by atoms with E-state index in [2.05, 4.69) is 14.9 Å². The van der Waals surface area contributed by atoms with Crippen molar-refractivity contribution in [1.29, 1.82) is 0 Å². The van der Waals surface area contributed by atoms with Crippen molar-refractivity contribution < 1.29 is 9.53 Å². The van der Waals surface area contributed by atoms with Crippen molar-refractivity contribution in [3.05, 3.63) is 12.4 Å². The van der Waals surface area contributed by atoms with E-state index < -0.39 is 0 Å². The van der Waals surface area contributed by atoms with Gasteiger partial charge in [-0.3, -0.25) is 4.79 Å². The molecule has 4 rings (SSSR count). The third-order valence-electron chi connectivity index (χ3n) is 5.78. The lowest BCUT2D eigenvalue weighted by molar-refractivity contribution is -0.131. The molecule has 0 aromatic carbocycles. The van der Waals surface area contributed by atoms with Crippen LogP contribution in [-0.4, -0.2) is 53.1 Å². The topological polar surface area (TPSA) is 58.6 Å². The fourth-order valence-corrected chi connectivity index (χ4v) is 4.33. The molecule has 1 aromatic rings. The lowest BCUT2D eigenvalue weighted by Gasteiger charge is -2.20. The second kappa shape index (κ2) is 7.58. The normalized spacial score (nSPS) is 24.2. The van der Waals surface area contributed by atoms with Gasteiger partial charge in [0, 0.05) is 38.5 Å². The third kappa shape index (κ3) is 4.05. The van der Waals surface area contributed by atoms with E-state index in [1.165, 1.54) is 38.5 Å². The number of amides is 1. The highest BCUT2D eigenvalue weighted by molar-refractivity contribution is 5.76. The summed E-state index contributed by atoms with van der Waals surface area (Å²) in [6, 6.07) is 1.94. The molecule has 3 heterocycles. The predicted molar refractivity (Wildman–Crippen MR) is 95.7 cm³/mol. The Morgan fingerprint density at radius 3 is 2.68 bits per heavy atom. The Morgan fingerprint density at radius 2 is 1.88 bits per heavy atom. The predicted octanol–water partition coefficient (Wildman–Crippen LogP) is 2.64. The van der Waals surface area contributed by atoms with Crippen molar-refractivity contribution in [1.82, 2.24) is 14.9 Å². The average Bonchev–Trinajstić information content (AvgIpc) is 3.38. The summed E-state index contributed by atoms with van der Waals surface area (Å²) in [6.07, 6.45) is 10.7. The number of carbonyl (C=O) groups is 1. The molecule has 6 nitrogen and oxygen atoms in total. The standard InChI is InChI=1S/C19H28N4O2/c24-19(11-15-5-1-2-6-15)23-10-7-16(13-23)25-18-12-17(20-14-21-18)22-8-3-4-9-22/h12,14-16H,1-11,13H2. The first-order valence-electron chi connectivity index (χ1n) is 9.79. The van der Waals surface area contributed by atoms with Crippen LogP contribution in [0.15, 0.2) is 12.4 Å². The van der Waals surface area contributed by atoms with Gasteiger partial charge in [0.05, 0.1) is 6.54 Å². The molecule has 1 aliphatic carbocycles. The second-order valence-electron chi connectivity index (χ2n) is 7.63. The van der Waals surface area contributed by atoms with Crippen LogP contribution >= 0.6 is 0 Å². The summed E-state index contributed by atoms with van der Waals surface area (Å²) < 4.78 is 6.05. The highest BCUT2D eigenvalue weighted by Gasteiger charge is 2.30. The van der Waals surface area contributed by atoms with Crippen LogP contribution in [0.1, 0.15) is 51.4 Å². The van der Waals surface area contributed by atoms with Crippen molar-refractivity contribution in [3.8, 4) is 5.88 Å². The van der Waals surface area contributed by atoms with Crippen LogP contribution in [0.25, 0.3) is 0 Å². The first-order valence-corrected chi connectivity index (χ1v) is 9.79. The Labute approximate surface area is 149 Å². The minimum atomic E-state index is 0.0499. The number of nitrogens with zero attached hydrogens (tertiary/aromatic N) is 4. The minimum Gasteiger partial charge on any atom is -0.472 e. The third-order valence-corrected chi connectivity index (χ3v) is 5.78. The molecule has 1 amide bonds. The fourth-order valence-electron chi connectivity index (χ4n) is 4.33. The Balaban J connectivity index is 1.30. The molecule has 1 atom stereocenters. The molecule has 3 fully saturated rings. The summed E-state index contributed by atoms with van der Waals surface area (Å²) in [7, 11) is 0. The van der Waals surface area contributed by atoms with Gasteiger partial charge >= 0.3 is 0 Å². The van der Waals surface area contributed by atoms with Crippen LogP contribution in [0, 0.1) is 5.92 Å². The smallest absolute Gasteiger partial charge is 0.222 e. The molecule has 1 unspecified atom stereocenters. The van der Waals surface area contributed by atoms with Crippen molar-refractivity contribution in [3.63, 3.8) is 0 Å². The summed E-state index contributed by atoms with van der Waals surface area (Å²) >= 11 is 0. The molecule has 0 N–H and O–H groups in total. The Hall–Kier alpha value is -1.85. The Bertz CT molecular complexity index is 597. The van der Waals surface area contributed by atoms with Crippen LogP contribution in [-0.2, 0) is 4.79 Å². The number of anilines is 1. The highest BCUT2D eigenvalue weighted by Crippen LogP contribution is 2.29. The number of hydrogen-bond donors (Lipinski definition) is 0. The zero-order valence-corrected chi connectivity index (χ0v) is 14.9. The SMILES string of the molecule is O=C(CC1CCCC1)N1CCC(Oc2cc(N3CCCC3)ncn2)C1. The number of aromatic nitrogens is 2. The zero-order chi connectivity index (χ0) is 17.1. The number of hydrogen-bond acceptors (Lipinski definition) is 5. The van der Waals surface area contributed by atoms with E-state index >= 15 is 0 Å². The largest absolute Gasteiger partial charge is 0.472 e. The van der Waals surface area contributed by atoms with Gasteiger partial charge in [0.15, 0.2) is 0 Å². The highest BCUT2D eigenvalue weighted by atomic mass is 16.5. The molecule has 3 aliphatic rings. The molecule has 2 saturated heterocycles. The van der Waals surface area contributed by atoms with Crippen molar-refractivity contribution in [2.75, 3.05) is 31.1 Å². The van der Waals surface area contributed by atoms with Gasteiger partial charge in [0.1, 0.15) is 18.2 Å². The first-order chi connectivity index (χ1) is 12.3. The molecular formula is C19H28N4O2. The quantitative estimate of drug-likeness (QED) is 0.822. The molecular weight excluding hydrogens is 316 g/mol. The lowest BCUT2D eigenvalue weighted by atomic mass is 10.0. The number of rotatable bonds is 5. The molecule has 1 saturated carbocycles. The maximum Gasteiger partial charge on any atom is 0.222 e. The lowest BCUT2D eigenvalue weighted by Crippen LogP contribution is -2.32. The number of ether oxygens (including phenoxy) is 1. The van der Waals surface area contributed by atoms with Crippen LogP contribution in [0.2, 0.25) is 0 Å². The van der Waals surface area contributed by atoms with Gasteiger partial charge in [0.25, 0.3) is 0 Å². The molecule has 25 heavy (non-hydrogen) atoms. The van der Waals surface area contributed by atoms with E-state index in [1.807, 2.05) is 11.0 Å². The van der Waals surface area contributed by atoms with Crippen molar-refractivity contribution in [2.24, 2.45) is 5.92 Å². The average molecular weight is 344 g/mol. The van der Waals surface area contributed by atoms with Gasteiger partial charge < -0.3 is 14.5 Å². The van der Waals surface area contributed by atoms with E-state index in [1.54, 1.807) is 6.33 Å². The molecule has 1 aromatic heterocycles.